The lowest BCUT2D eigenvalue weighted by molar-refractivity contribution is 0.481. The van der Waals surface area contributed by atoms with Crippen LogP contribution in [0, 0.1) is 11.7 Å². The minimum absolute atomic E-state index is 0.161. The lowest BCUT2D eigenvalue weighted by Crippen LogP contribution is -2.31. The monoisotopic (exact) mass is 252 g/mol. The van der Waals surface area contributed by atoms with Gasteiger partial charge in [0, 0.05) is 19.6 Å². The minimum Gasteiger partial charge on any atom is -0.369 e. The summed E-state index contributed by atoms with van der Waals surface area (Å²) in [5.41, 5.74) is 7.30. The molecular weight excluding hydrogens is 227 g/mol. The number of nitrogens with zero attached hydrogens (tertiary/aromatic N) is 1. The standard InChI is InChI=1S/C15H25FN2/c1-4-12(5-2)11-18(6-3)15-13(10-17)8-7-9-14(15)16/h7-9,12H,4-6,10-11,17H2,1-3H3. The van der Waals surface area contributed by atoms with Gasteiger partial charge in [-0.05, 0) is 24.5 Å². The van der Waals surface area contributed by atoms with Gasteiger partial charge in [-0.1, -0.05) is 38.8 Å². The Morgan fingerprint density at radius 3 is 2.39 bits per heavy atom. The van der Waals surface area contributed by atoms with Crippen molar-refractivity contribution in [2.45, 2.75) is 40.2 Å². The fraction of sp³-hybridized carbons (Fsp3) is 0.600. The first kappa shape index (κ1) is 15.0. The molecule has 0 saturated heterocycles. The van der Waals surface area contributed by atoms with Crippen LogP contribution in [0.15, 0.2) is 18.2 Å². The topological polar surface area (TPSA) is 29.3 Å². The number of halogens is 1. The van der Waals surface area contributed by atoms with E-state index in [-0.39, 0.29) is 5.82 Å². The summed E-state index contributed by atoms with van der Waals surface area (Å²) in [6.45, 7) is 8.53. The van der Waals surface area contributed by atoms with Gasteiger partial charge in [-0.15, -0.1) is 0 Å². The fourth-order valence-electron chi connectivity index (χ4n) is 2.32. The Hall–Kier alpha value is -1.09. The SMILES string of the molecule is CCC(CC)CN(CC)c1c(F)cccc1CN. The van der Waals surface area contributed by atoms with E-state index < -0.39 is 0 Å². The first-order valence-corrected chi connectivity index (χ1v) is 6.90. The lowest BCUT2D eigenvalue weighted by atomic mass is 10.0. The largest absolute Gasteiger partial charge is 0.369 e. The Morgan fingerprint density at radius 2 is 1.89 bits per heavy atom. The van der Waals surface area contributed by atoms with Gasteiger partial charge < -0.3 is 10.6 Å². The van der Waals surface area contributed by atoms with Crippen LogP contribution in [0.3, 0.4) is 0 Å². The molecule has 102 valence electrons. The van der Waals surface area contributed by atoms with Crippen molar-refractivity contribution < 1.29 is 4.39 Å². The molecule has 0 aliphatic heterocycles. The molecule has 0 spiro atoms. The molecule has 18 heavy (non-hydrogen) atoms. The van der Waals surface area contributed by atoms with Crippen molar-refractivity contribution in [1.29, 1.82) is 0 Å². The van der Waals surface area contributed by atoms with Gasteiger partial charge in [0.15, 0.2) is 0 Å². The average molecular weight is 252 g/mol. The van der Waals surface area contributed by atoms with Crippen LogP contribution < -0.4 is 10.6 Å². The molecule has 0 unspecified atom stereocenters. The lowest BCUT2D eigenvalue weighted by Gasteiger charge is -2.29. The van der Waals surface area contributed by atoms with E-state index in [1.165, 1.54) is 6.07 Å². The summed E-state index contributed by atoms with van der Waals surface area (Å²) in [5.74, 6) is 0.445. The molecule has 0 bridgehead atoms. The van der Waals surface area contributed by atoms with Crippen LogP contribution in [-0.2, 0) is 6.54 Å². The van der Waals surface area contributed by atoms with Gasteiger partial charge in [0.25, 0.3) is 0 Å². The molecule has 0 aliphatic carbocycles. The van der Waals surface area contributed by atoms with E-state index in [4.69, 9.17) is 5.73 Å². The zero-order valence-corrected chi connectivity index (χ0v) is 11.7. The molecule has 2 N–H and O–H groups in total. The summed E-state index contributed by atoms with van der Waals surface area (Å²) in [6.07, 6.45) is 2.25. The molecule has 0 fully saturated rings. The van der Waals surface area contributed by atoms with E-state index in [1.54, 1.807) is 6.07 Å². The quantitative estimate of drug-likeness (QED) is 0.804. The van der Waals surface area contributed by atoms with Gasteiger partial charge >= 0.3 is 0 Å². The van der Waals surface area contributed by atoms with Crippen LogP contribution in [0.5, 0.6) is 0 Å². The first-order valence-electron chi connectivity index (χ1n) is 6.90. The van der Waals surface area contributed by atoms with Crippen molar-refractivity contribution in [3.05, 3.63) is 29.6 Å². The number of hydrogen-bond acceptors (Lipinski definition) is 2. The molecule has 0 amide bonds. The minimum atomic E-state index is -0.161. The predicted molar refractivity (Wildman–Crippen MR) is 76.3 cm³/mol. The number of hydrogen-bond donors (Lipinski definition) is 1. The third kappa shape index (κ3) is 3.45. The predicted octanol–water partition coefficient (Wildman–Crippen LogP) is 3.55. The normalized spacial score (nSPS) is 11.0. The third-order valence-electron chi connectivity index (χ3n) is 3.62. The Morgan fingerprint density at radius 1 is 1.22 bits per heavy atom. The maximum absolute atomic E-state index is 14.0. The van der Waals surface area contributed by atoms with Crippen molar-refractivity contribution >= 4 is 5.69 Å². The number of para-hydroxylation sites is 1. The molecule has 1 aromatic rings. The molecule has 0 heterocycles. The van der Waals surface area contributed by atoms with Crippen LogP contribution in [0.4, 0.5) is 10.1 Å². The van der Waals surface area contributed by atoms with E-state index in [9.17, 15) is 4.39 Å². The highest BCUT2D eigenvalue weighted by molar-refractivity contribution is 5.54. The van der Waals surface area contributed by atoms with Crippen molar-refractivity contribution in [2.75, 3.05) is 18.0 Å². The molecule has 0 aliphatic rings. The molecule has 1 rings (SSSR count). The summed E-state index contributed by atoms with van der Waals surface area (Å²) in [6, 6.07) is 5.16. The third-order valence-corrected chi connectivity index (χ3v) is 3.62. The second-order valence-electron chi connectivity index (χ2n) is 4.67. The van der Waals surface area contributed by atoms with E-state index >= 15 is 0 Å². The smallest absolute Gasteiger partial charge is 0.146 e. The maximum atomic E-state index is 14.0. The average Bonchev–Trinajstić information content (AvgIpc) is 2.41. The molecule has 3 heteroatoms. The highest BCUT2D eigenvalue weighted by Crippen LogP contribution is 2.26. The summed E-state index contributed by atoms with van der Waals surface area (Å²) in [5, 5.41) is 0. The summed E-state index contributed by atoms with van der Waals surface area (Å²) >= 11 is 0. The second kappa shape index (κ2) is 7.37. The Kier molecular flexibility index (Phi) is 6.13. The summed E-state index contributed by atoms with van der Waals surface area (Å²) in [4.78, 5) is 2.12. The van der Waals surface area contributed by atoms with E-state index in [1.807, 2.05) is 6.07 Å². The van der Waals surface area contributed by atoms with Gasteiger partial charge in [-0.2, -0.15) is 0 Å². The zero-order chi connectivity index (χ0) is 13.5. The van der Waals surface area contributed by atoms with E-state index in [0.29, 0.717) is 18.2 Å². The van der Waals surface area contributed by atoms with Crippen molar-refractivity contribution in [3.8, 4) is 0 Å². The van der Waals surface area contributed by atoms with Gasteiger partial charge in [-0.25, -0.2) is 4.39 Å². The second-order valence-corrected chi connectivity index (χ2v) is 4.67. The van der Waals surface area contributed by atoms with Crippen LogP contribution in [0.1, 0.15) is 39.2 Å². The molecule has 2 nitrogen and oxygen atoms in total. The summed E-state index contributed by atoms with van der Waals surface area (Å²) < 4.78 is 14.0. The maximum Gasteiger partial charge on any atom is 0.146 e. The highest BCUT2D eigenvalue weighted by atomic mass is 19.1. The van der Waals surface area contributed by atoms with Gasteiger partial charge in [0.1, 0.15) is 5.82 Å². The van der Waals surface area contributed by atoms with E-state index in [2.05, 4.69) is 25.7 Å². The number of anilines is 1. The molecule has 0 radical (unpaired) electrons. The molecule has 0 atom stereocenters. The molecule has 0 aromatic heterocycles. The van der Waals surface area contributed by atoms with Crippen LogP contribution in [-0.4, -0.2) is 13.1 Å². The Balaban J connectivity index is 3.00. The molecular formula is C15H25FN2. The van der Waals surface area contributed by atoms with Crippen LogP contribution in [0.25, 0.3) is 0 Å². The van der Waals surface area contributed by atoms with Gasteiger partial charge in [0.05, 0.1) is 5.69 Å². The molecule has 1 aromatic carbocycles. The van der Waals surface area contributed by atoms with Crippen molar-refractivity contribution in [2.24, 2.45) is 11.7 Å². The Labute approximate surface area is 110 Å². The van der Waals surface area contributed by atoms with Gasteiger partial charge in [-0.3, -0.25) is 0 Å². The first-order chi connectivity index (χ1) is 8.67. The van der Waals surface area contributed by atoms with E-state index in [0.717, 1.165) is 31.5 Å². The zero-order valence-electron chi connectivity index (χ0n) is 11.7. The van der Waals surface area contributed by atoms with Crippen LogP contribution >= 0.6 is 0 Å². The van der Waals surface area contributed by atoms with Crippen LogP contribution in [0.2, 0.25) is 0 Å². The van der Waals surface area contributed by atoms with Crippen molar-refractivity contribution in [3.63, 3.8) is 0 Å². The summed E-state index contributed by atoms with van der Waals surface area (Å²) in [7, 11) is 0. The van der Waals surface area contributed by atoms with Gasteiger partial charge in [0.2, 0.25) is 0 Å². The number of benzene rings is 1. The number of nitrogens with two attached hydrogens (primary N) is 1. The fourth-order valence-corrected chi connectivity index (χ4v) is 2.32. The van der Waals surface area contributed by atoms with Crippen molar-refractivity contribution in [1.82, 2.24) is 0 Å². The Bertz CT molecular complexity index is 362. The highest BCUT2D eigenvalue weighted by Gasteiger charge is 2.16. The number of rotatable bonds is 7. The molecule has 0 saturated carbocycles.